The summed E-state index contributed by atoms with van der Waals surface area (Å²) in [4.78, 5) is 0. The van der Waals surface area contributed by atoms with Gasteiger partial charge in [-0.2, -0.15) is 0 Å². The van der Waals surface area contributed by atoms with E-state index in [9.17, 15) is 0 Å². The van der Waals surface area contributed by atoms with Crippen molar-refractivity contribution in [2.75, 3.05) is 39.6 Å². The van der Waals surface area contributed by atoms with Crippen LogP contribution in [0.15, 0.2) is 30.3 Å². The smallest absolute Gasteiger partial charge is 0.104 e. The summed E-state index contributed by atoms with van der Waals surface area (Å²) in [6, 6.07) is 9.86. The lowest BCUT2D eigenvalue weighted by Gasteiger charge is -2.17. The predicted molar refractivity (Wildman–Crippen MR) is 70.8 cm³/mol. The maximum Gasteiger partial charge on any atom is 0.104 e. The van der Waals surface area contributed by atoms with Crippen molar-refractivity contribution in [3.05, 3.63) is 35.9 Å². The minimum Gasteiger partial charge on any atom is -0.394 e. The molecule has 0 spiro atoms. The first-order valence-electron chi connectivity index (χ1n) is 6.39. The third-order valence-corrected chi connectivity index (χ3v) is 2.40. The number of aliphatic hydroxyl groups is 2. The quantitative estimate of drug-likeness (QED) is 0.576. The lowest BCUT2D eigenvalue weighted by Crippen LogP contribution is -2.27. The number of rotatable bonds is 11. The number of hydrogen-bond acceptors (Lipinski definition) is 5. The second kappa shape index (κ2) is 10.9. The highest BCUT2D eigenvalue weighted by molar-refractivity contribution is 5.13. The van der Waals surface area contributed by atoms with Gasteiger partial charge in [0, 0.05) is 0 Å². The van der Waals surface area contributed by atoms with Crippen molar-refractivity contribution in [2.24, 2.45) is 0 Å². The standard InChI is InChI=1S/C14H22O5/c15-6-8-17-11-14(19-9-7-16)12-18-10-13-4-2-1-3-5-13/h1-5,14-16H,6-12H2/t14-/m0/s1. The van der Waals surface area contributed by atoms with Crippen molar-refractivity contribution >= 4 is 0 Å². The van der Waals surface area contributed by atoms with Gasteiger partial charge in [0.1, 0.15) is 6.10 Å². The molecule has 1 aromatic rings. The average Bonchev–Trinajstić information content (AvgIpc) is 2.45. The van der Waals surface area contributed by atoms with Crippen LogP contribution in [-0.4, -0.2) is 56.0 Å². The van der Waals surface area contributed by atoms with Crippen molar-refractivity contribution < 1.29 is 24.4 Å². The molecule has 108 valence electrons. The van der Waals surface area contributed by atoms with E-state index in [1.807, 2.05) is 30.3 Å². The maximum absolute atomic E-state index is 8.74. The number of ether oxygens (including phenoxy) is 3. The van der Waals surface area contributed by atoms with Crippen LogP contribution >= 0.6 is 0 Å². The van der Waals surface area contributed by atoms with Crippen molar-refractivity contribution in [1.29, 1.82) is 0 Å². The molecule has 1 aromatic carbocycles. The first kappa shape index (κ1) is 16.1. The molecule has 5 nitrogen and oxygen atoms in total. The van der Waals surface area contributed by atoms with Crippen LogP contribution in [0.1, 0.15) is 5.56 Å². The van der Waals surface area contributed by atoms with E-state index < -0.39 is 0 Å². The van der Waals surface area contributed by atoms with E-state index >= 15 is 0 Å². The van der Waals surface area contributed by atoms with E-state index in [0.717, 1.165) is 5.56 Å². The third kappa shape index (κ3) is 7.92. The summed E-state index contributed by atoms with van der Waals surface area (Å²) in [7, 11) is 0. The molecule has 5 heteroatoms. The van der Waals surface area contributed by atoms with Crippen LogP contribution in [0.3, 0.4) is 0 Å². The zero-order chi connectivity index (χ0) is 13.8. The van der Waals surface area contributed by atoms with E-state index in [2.05, 4.69) is 0 Å². The van der Waals surface area contributed by atoms with Crippen LogP contribution in [0.4, 0.5) is 0 Å². The van der Waals surface area contributed by atoms with Gasteiger partial charge in [-0.25, -0.2) is 0 Å². The van der Waals surface area contributed by atoms with Gasteiger partial charge < -0.3 is 24.4 Å². The molecule has 0 unspecified atom stereocenters. The molecule has 0 radical (unpaired) electrons. The van der Waals surface area contributed by atoms with E-state index in [-0.39, 0.29) is 32.5 Å². The van der Waals surface area contributed by atoms with Crippen LogP contribution in [0.2, 0.25) is 0 Å². The lowest BCUT2D eigenvalue weighted by molar-refractivity contribution is -0.0732. The summed E-state index contributed by atoms with van der Waals surface area (Å²) in [5.74, 6) is 0. The molecule has 0 saturated carbocycles. The van der Waals surface area contributed by atoms with Gasteiger partial charge in [-0.1, -0.05) is 30.3 Å². The topological polar surface area (TPSA) is 68.2 Å². The van der Waals surface area contributed by atoms with Crippen LogP contribution in [0.5, 0.6) is 0 Å². The average molecular weight is 270 g/mol. The second-order valence-electron chi connectivity index (χ2n) is 4.02. The summed E-state index contributed by atoms with van der Waals surface area (Å²) in [5.41, 5.74) is 1.10. The van der Waals surface area contributed by atoms with Gasteiger partial charge in [-0.3, -0.25) is 0 Å². The zero-order valence-corrected chi connectivity index (χ0v) is 11.0. The van der Waals surface area contributed by atoms with Gasteiger partial charge >= 0.3 is 0 Å². The molecule has 0 heterocycles. The fourth-order valence-corrected chi connectivity index (χ4v) is 1.53. The van der Waals surface area contributed by atoms with E-state index in [4.69, 9.17) is 24.4 Å². The molecule has 1 atom stereocenters. The van der Waals surface area contributed by atoms with Crippen LogP contribution in [0.25, 0.3) is 0 Å². The normalized spacial score (nSPS) is 12.5. The lowest BCUT2D eigenvalue weighted by atomic mass is 10.2. The van der Waals surface area contributed by atoms with Crippen molar-refractivity contribution in [3.8, 4) is 0 Å². The van der Waals surface area contributed by atoms with Gasteiger partial charge in [0.2, 0.25) is 0 Å². The van der Waals surface area contributed by atoms with Gasteiger partial charge in [-0.05, 0) is 5.56 Å². The molecular weight excluding hydrogens is 248 g/mol. The Bertz CT molecular complexity index is 304. The Morgan fingerprint density at radius 2 is 1.58 bits per heavy atom. The highest BCUT2D eigenvalue weighted by Crippen LogP contribution is 2.02. The molecule has 0 bridgehead atoms. The third-order valence-electron chi connectivity index (χ3n) is 2.40. The number of benzene rings is 1. The Morgan fingerprint density at radius 1 is 0.895 bits per heavy atom. The van der Waals surface area contributed by atoms with E-state index in [1.165, 1.54) is 0 Å². The fraction of sp³-hybridized carbons (Fsp3) is 0.571. The fourth-order valence-electron chi connectivity index (χ4n) is 1.53. The van der Waals surface area contributed by atoms with Crippen LogP contribution in [-0.2, 0) is 20.8 Å². The Labute approximate surface area is 113 Å². The first-order chi connectivity index (χ1) is 9.36. The van der Waals surface area contributed by atoms with Crippen molar-refractivity contribution in [3.63, 3.8) is 0 Å². The Morgan fingerprint density at radius 3 is 2.26 bits per heavy atom. The van der Waals surface area contributed by atoms with Gasteiger partial charge in [0.05, 0.1) is 46.2 Å². The summed E-state index contributed by atoms with van der Waals surface area (Å²) in [6.07, 6.45) is -0.234. The van der Waals surface area contributed by atoms with Crippen molar-refractivity contribution in [2.45, 2.75) is 12.7 Å². The molecule has 0 fully saturated rings. The minimum atomic E-state index is -0.234. The monoisotopic (exact) mass is 270 g/mol. The summed E-state index contributed by atoms with van der Waals surface area (Å²) in [5, 5.41) is 17.4. The first-order valence-corrected chi connectivity index (χ1v) is 6.39. The summed E-state index contributed by atoms with van der Waals surface area (Å²) >= 11 is 0. The molecule has 2 N–H and O–H groups in total. The van der Waals surface area contributed by atoms with Crippen LogP contribution < -0.4 is 0 Å². The van der Waals surface area contributed by atoms with Gasteiger partial charge in [0.25, 0.3) is 0 Å². The van der Waals surface area contributed by atoms with Gasteiger partial charge in [-0.15, -0.1) is 0 Å². The molecule has 1 rings (SSSR count). The van der Waals surface area contributed by atoms with E-state index in [0.29, 0.717) is 19.8 Å². The Hall–Kier alpha value is -0.980. The summed E-state index contributed by atoms with van der Waals surface area (Å²) in [6.45, 7) is 1.72. The predicted octanol–water partition coefficient (Wildman–Crippen LogP) is 0.590. The molecule has 0 aromatic heterocycles. The molecule has 19 heavy (non-hydrogen) atoms. The Kier molecular flexibility index (Phi) is 9.22. The van der Waals surface area contributed by atoms with Crippen LogP contribution in [0, 0.1) is 0 Å². The molecular formula is C14H22O5. The second-order valence-corrected chi connectivity index (χ2v) is 4.02. The Balaban J connectivity index is 2.22. The molecule has 0 aliphatic rings. The summed E-state index contributed by atoms with van der Waals surface area (Å²) < 4.78 is 16.2. The molecule has 0 aliphatic heterocycles. The maximum atomic E-state index is 8.74. The van der Waals surface area contributed by atoms with Gasteiger partial charge in [0.15, 0.2) is 0 Å². The van der Waals surface area contributed by atoms with E-state index in [1.54, 1.807) is 0 Å². The minimum absolute atomic E-state index is 0.0163. The number of aliphatic hydroxyl groups excluding tert-OH is 2. The van der Waals surface area contributed by atoms with Crippen molar-refractivity contribution in [1.82, 2.24) is 0 Å². The number of hydrogen-bond donors (Lipinski definition) is 2. The zero-order valence-electron chi connectivity index (χ0n) is 11.0. The molecule has 0 amide bonds. The highest BCUT2D eigenvalue weighted by Gasteiger charge is 2.09. The molecule has 0 saturated heterocycles. The molecule has 0 aliphatic carbocycles. The highest BCUT2D eigenvalue weighted by atomic mass is 16.6. The largest absolute Gasteiger partial charge is 0.394 e. The SMILES string of the molecule is OCCOC[C@@H](COCc1ccccc1)OCCO.